The number of hydrogen-bond acceptors (Lipinski definition) is 4. The van der Waals surface area contributed by atoms with Gasteiger partial charge in [0.1, 0.15) is 18.2 Å². The van der Waals surface area contributed by atoms with Gasteiger partial charge in [-0.25, -0.2) is 4.98 Å². The molecule has 3 aromatic rings. The van der Waals surface area contributed by atoms with E-state index in [0.717, 1.165) is 4.47 Å². The van der Waals surface area contributed by atoms with Crippen molar-refractivity contribution in [1.82, 2.24) is 9.66 Å². The Morgan fingerprint density at radius 2 is 2.14 bits per heavy atom. The molecule has 0 aliphatic heterocycles. The molecule has 0 bridgehead atoms. The van der Waals surface area contributed by atoms with Crippen LogP contribution in [0, 0.1) is 12.3 Å². The van der Waals surface area contributed by atoms with Crippen molar-refractivity contribution in [3.63, 3.8) is 0 Å². The van der Waals surface area contributed by atoms with Crippen molar-refractivity contribution in [2.24, 2.45) is 5.10 Å². The Kier molecular flexibility index (Phi) is 6.18. The molecule has 1 heterocycles. The fourth-order valence-electron chi connectivity index (χ4n) is 2.64. The van der Waals surface area contributed by atoms with Gasteiger partial charge in [-0.2, -0.15) is 9.78 Å². The summed E-state index contributed by atoms with van der Waals surface area (Å²) < 4.78 is 7.64. The fourth-order valence-corrected chi connectivity index (χ4v) is 3.18. The van der Waals surface area contributed by atoms with Crippen LogP contribution in [0.25, 0.3) is 10.9 Å². The highest BCUT2D eigenvalue weighted by molar-refractivity contribution is 9.10. The van der Waals surface area contributed by atoms with Crippen molar-refractivity contribution in [1.29, 1.82) is 0 Å². The Morgan fingerprint density at radius 1 is 1.36 bits per heavy atom. The van der Waals surface area contributed by atoms with Crippen molar-refractivity contribution in [2.75, 3.05) is 6.61 Å². The molecule has 7 heteroatoms. The number of benzene rings is 2. The largest absolute Gasteiger partial charge is 0.480 e. The van der Waals surface area contributed by atoms with Gasteiger partial charge >= 0.3 is 0 Å². The van der Waals surface area contributed by atoms with Gasteiger partial charge in [0, 0.05) is 21.0 Å². The predicted molar refractivity (Wildman–Crippen MR) is 117 cm³/mol. The van der Waals surface area contributed by atoms with Gasteiger partial charge < -0.3 is 4.74 Å². The van der Waals surface area contributed by atoms with Crippen molar-refractivity contribution < 1.29 is 4.74 Å². The Bertz CT molecular complexity index is 1160. The molecule has 0 saturated carbocycles. The van der Waals surface area contributed by atoms with Gasteiger partial charge in [-0.15, -0.1) is 6.42 Å². The first-order valence-corrected chi connectivity index (χ1v) is 9.70. The van der Waals surface area contributed by atoms with Gasteiger partial charge in [0.2, 0.25) is 0 Å². The summed E-state index contributed by atoms with van der Waals surface area (Å²) in [5.41, 5.74) is 0.988. The topological polar surface area (TPSA) is 56.5 Å². The van der Waals surface area contributed by atoms with Crippen LogP contribution in [0.4, 0.5) is 0 Å². The summed E-state index contributed by atoms with van der Waals surface area (Å²) in [7, 11) is 0. The lowest BCUT2D eigenvalue weighted by atomic mass is 10.2. The van der Waals surface area contributed by atoms with E-state index in [1.54, 1.807) is 24.3 Å². The van der Waals surface area contributed by atoms with E-state index < -0.39 is 0 Å². The van der Waals surface area contributed by atoms with Crippen LogP contribution in [0.15, 0.2) is 50.8 Å². The number of aromatic nitrogens is 2. The van der Waals surface area contributed by atoms with E-state index in [2.05, 4.69) is 31.9 Å². The smallest absolute Gasteiger partial charge is 0.282 e. The van der Waals surface area contributed by atoms with Gasteiger partial charge in [-0.1, -0.05) is 47.3 Å². The SMILES string of the molecule is C#CCOc1ccc(Cl)cc1C=Nn1c(C(C)C)nc2ccc(Br)cc2c1=O. The molecule has 0 N–H and O–H groups in total. The number of rotatable bonds is 5. The normalized spacial score (nSPS) is 11.3. The number of fused-ring (bicyclic) bond motifs is 1. The third kappa shape index (κ3) is 4.27. The average molecular weight is 459 g/mol. The molecule has 0 saturated heterocycles. The fraction of sp³-hybridized carbons (Fsp3) is 0.190. The monoisotopic (exact) mass is 457 g/mol. The number of terminal acetylenes is 1. The van der Waals surface area contributed by atoms with Crippen molar-refractivity contribution in [3.05, 3.63) is 67.6 Å². The second-order valence-corrected chi connectivity index (χ2v) is 7.67. The Labute approximate surface area is 176 Å². The van der Waals surface area contributed by atoms with E-state index in [4.69, 9.17) is 22.8 Å². The maximum atomic E-state index is 13.1. The van der Waals surface area contributed by atoms with Gasteiger partial charge in [0.15, 0.2) is 0 Å². The lowest BCUT2D eigenvalue weighted by Crippen LogP contribution is -2.23. The van der Waals surface area contributed by atoms with Crippen LogP contribution in [0.5, 0.6) is 5.75 Å². The van der Waals surface area contributed by atoms with Gasteiger partial charge in [0.05, 0.1) is 17.1 Å². The van der Waals surface area contributed by atoms with Crippen LogP contribution in [0.2, 0.25) is 5.02 Å². The van der Waals surface area contributed by atoms with E-state index in [9.17, 15) is 4.79 Å². The zero-order chi connectivity index (χ0) is 20.3. The third-order valence-electron chi connectivity index (χ3n) is 3.94. The molecule has 0 aliphatic carbocycles. The van der Waals surface area contributed by atoms with Gasteiger partial charge in [0.25, 0.3) is 5.56 Å². The minimum absolute atomic E-state index is 0.00517. The summed E-state index contributed by atoms with van der Waals surface area (Å²) in [6.07, 6.45) is 6.79. The molecule has 0 spiro atoms. The van der Waals surface area contributed by atoms with Crippen molar-refractivity contribution in [3.8, 4) is 18.1 Å². The predicted octanol–water partition coefficient (Wildman–Crippen LogP) is 4.83. The molecule has 142 valence electrons. The summed E-state index contributed by atoms with van der Waals surface area (Å²) in [6.45, 7) is 4.03. The molecule has 0 unspecified atom stereocenters. The van der Waals surface area contributed by atoms with E-state index >= 15 is 0 Å². The summed E-state index contributed by atoms with van der Waals surface area (Å²) in [5.74, 6) is 3.50. The molecule has 28 heavy (non-hydrogen) atoms. The Balaban J connectivity index is 2.15. The lowest BCUT2D eigenvalue weighted by molar-refractivity contribution is 0.370. The summed E-state index contributed by atoms with van der Waals surface area (Å²) >= 11 is 9.49. The van der Waals surface area contributed by atoms with E-state index in [1.807, 2.05) is 26.0 Å². The molecule has 0 atom stereocenters. The van der Waals surface area contributed by atoms with Crippen LogP contribution < -0.4 is 10.3 Å². The molecule has 2 aromatic carbocycles. The standard InChI is InChI=1S/C21H17BrClN3O2/c1-4-9-28-19-8-6-16(23)10-14(19)12-24-26-20(13(2)3)25-18-7-5-15(22)11-17(18)21(26)27/h1,5-8,10-13H,9H2,2-3H3. The first kappa shape index (κ1) is 20.1. The maximum absolute atomic E-state index is 13.1. The minimum atomic E-state index is -0.251. The summed E-state index contributed by atoms with van der Waals surface area (Å²) in [6, 6.07) is 10.5. The summed E-state index contributed by atoms with van der Waals surface area (Å²) in [4.78, 5) is 17.7. The van der Waals surface area contributed by atoms with Crippen molar-refractivity contribution >= 4 is 44.6 Å². The van der Waals surface area contributed by atoms with Crippen molar-refractivity contribution in [2.45, 2.75) is 19.8 Å². The molecule has 0 amide bonds. The van der Waals surface area contributed by atoms with Gasteiger partial charge in [-0.3, -0.25) is 4.79 Å². The molecular weight excluding hydrogens is 442 g/mol. The van der Waals surface area contributed by atoms with Gasteiger partial charge in [-0.05, 0) is 36.4 Å². The second-order valence-electron chi connectivity index (χ2n) is 6.32. The lowest BCUT2D eigenvalue weighted by Gasteiger charge is -2.12. The molecule has 1 aromatic heterocycles. The second kappa shape index (κ2) is 8.59. The molecule has 0 radical (unpaired) electrons. The molecular formula is C21H17BrClN3O2. The average Bonchev–Trinajstić information content (AvgIpc) is 2.66. The highest BCUT2D eigenvalue weighted by Gasteiger charge is 2.14. The molecule has 3 rings (SSSR count). The van der Waals surface area contributed by atoms with E-state index in [-0.39, 0.29) is 18.1 Å². The zero-order valence-corrected chi connectivity index (χ0v) is 17.7. The van der Waals surface area contributed by atoms with Crippen LogP contribution in [0.3, 0.4) is 0 Å². The first-order valence-electron chi connectivity index (χ1n) is 8.53. The number of ether oxygens (including phenoxy) is 1. The molecule has 5 nitrogen and oxygen atoms in total. The Morgan fingerprint density at radius 3 is 2.86 bits per heavy atom. The summed E-state index contributed by atoms with van der Waals surface area (Å²) in [5, 5.41) is 5.40. The first-order chi connectivity index (χ1) is 13.4. The molecule has 0 aliphatic rings. The quantitative estimate of drug-likeness (QED) is 0.406. The maximum Gasteiger partial charge on any atom is 0.282 e. The van der Waals surface area contributed by atoms with E-state index in [0.29, 0.717) is 33.1 Å². The highest BCUT2D eigenvalue weighted by atomic mass is 79.9. The van der Waals surface area contributed by atoms with Crippen LogP contribution >= 0.6 is 27.5 Å². The van der Waals surface area contributed by atoms with Crippen LogP contribution in [-0.4, -0.2) is 22.5 Å². The zero-order valence-electron chi connectivity index (χ0n) is 15.3. The van der Waals surface area contributed by atoms with Crippen LogP contribution in [0.1, 0.15) is 31.2 Å². The number of nitrogens with zero attached hydrogens (tertiary/aromatic N) is 3. The Hall–Kier alpha value is -2.62. The molecule has 0 fully saturated rings. The van der Waals surface area contributed by atoms with E-state index in [1.165, 1.54) is 10.9 Å². The van der Waals surface area contributed by atoms with Crippen LogP contribution in [-0.2, 0) is 0 Å². The number of halogens is 2. The minimum Gasteiger partial charge on any atom is -0.480 e. The third-order valence-corrected chi connectivity index (χ3v) is 4.67. The highest BCUT2D eigenvalue weighted by Crippen LogP contribution is 2.22. The number of hydrogen-bond donors (Lipinski definition) is 0.